The molecule has 0 radical (unpaired) electrons. The zero-order chi connectivity index (χ0) is 30.4. The Hall–Kier alpha value is -4.54. The van der Waals surface area contributed by atoms with Gasteiger partial charge in [-0.25, -0.2) is 0 Å². The predicted molar refractivity (Wildman–Crippen MR) is 183 cm³/mol. The average Bonchev–Trinajstić information content (AvgIpc) is 3.60. The maximum atomic E-state index is 6.97. The maximum Gasteiger partial charge on any atom is 0.217 e. The summed E-state index contributed by atoms with van der Waals surface area (Å²) in [6.07, 6.45) is 7.97. The van der Waals surface area contributed by atoms with E-state index in [4.69, 9.17) is 4.42 Å². The first-order valence-corrected chi connectivity index (χ1v) is 16.9. The summed E-state index contributed by atoms with van der Waals surface area (Å²) in [6, 6.07) is 27.9. The molecule has 3 nitrogen and oxygen atoms in total. The van der Waals surface area contributed by atoms with E-state index >= 15 is 0 Å². The van der Waals surface area contributed by atoms with Crippen LogP contribution in [0, 0.1) is 33.6 Å². The van der Waals surface area contributed by atoms with Crippen molar-refractivity contribution in [2.24, 2.45) is 5.92 Å². The molecule has 218 valence electrons. The number of pyridine rings is 2. The van der Waals surface area contributed by atoms with Gasteiger partial charge in [0.15, 0.2) is 29.6 Å². The number of hydrogen-bond acceptors (Lipinski definition) is 2. The first kappa shape index (κ1) is 25.8. The number of aryl methyl sites for hydroxylation is 4. The van der Waals surface area contributed by atoms with Gasteiger partial charge in [0.25, 0.3) is 0 Å². The number of rotatable bonds is 1. The molecule has 2 aliphatic heterocycles. The molecule has 1 spiro atoms. The smallest absolute Gasteiger partial charge is 0.217 e. The van der Waals surface area contributed by atoms with Crippen LogP contribution in [-0.2, 0) is 12.0 Å². The van der Waals surface area contributed by atoms with Gasteiger partial charge < -0.3 is 4.42 Å². The number of furan rings is 1. The fraction of sp³-hybridized carbons (Fsp3) is 0.220. The van der Waals surface area contributed by atoms with Crippen LogP contribution >= 0.6 is 11.3 Å². The summed E-state index contributed by atoms with van der Waals surface area (Å²) in [5, 5.41) is 3.67. The van der Waals surface area contributed by atoms with E-state index in [0.29, 0.717) is 12.0 Å². The first-order valence-electron chi connectivity index (χ1n) is 16.0. The van der Waals surface area contributed by atoms with Gasteiger partial charge in [0.05, 0.1) is 15.8 Å². The van der Waals surface area contributed by atoms with E-state index < -0.39 is 0 Å². The molecule has 0 N–H and O–H groups in total. The number of allylic oxidation sites excluding steroid dienone is 1. The molecule has 0 saturated heterocycles. The largest absolute Gasteiger partial charge is 0.454 e. The van der Waals surface area contributed by atoms with Crippen LogP contribution in [0.15, 0.2) is 102 Å². The lowest BCUT2D eigenvalue weighted by molar-refractivity contribution is -0.837. The molecule has 6 heterocycles. The number of nitrogens with zero attached hydrogens (tertiary/aromatic N) is 2. The van der Waals surface area contributed by atoms with Gasteiger partial charge in [-0.15, -0.1) is 17.9 Å². The SMILES string of the molecule is C=CC1C2C(c3ccccc3-c3ccc(C)c[n+]32)C12Cc1ccc3c(oc4c3ccc3cc(C)sc34)c1-c1cc(C)c(C)c[n+]12. The van der Waals surface area contributed by atoms with Gasteiger partial charge in [-0.1, -0.05) is 42.5 Å². The number of thiophene rings is 1. The summed E-state index contributed by atoms with van der Waals surface area (Å²) >= 11 is 1.83. The average molecular weight is 603 g/mol. The quantitative estimate of drug-likeness (QED) is 0.135. The van der Waals surface area contributed by atoms with E-state index in [0.717, 1.165) is 17.6 Å². The normalized spacial score (nSPS) is 22.5. The van der Waals surface area contributed by atoms with Crippen LogP contribution in [-0.4, -0.2) is 0 Å². The molecule has 4 aromatic heterocycles. The van der Waals surface area contributed by atoms with Crippen LogP contribution in [0.3, 0.4) is 0 Å². The Morgan fingerprint density at radius 1 is 0.867 bits per heavy atom. The molecule has 1 fully saturated rings. The topological polar surface area (TPSA) is 20.9 Å². The minimum atomic E-state index is -0.185. The number of hydrogen-bond donors (Lipinski definition) is 0. The van der Waals surface area contributed by atoms with Crippen LogP contribution < -0.4 is 9.13 Å². The summed E-state index contributed by atoms with van der Waals surface area (Å²) in [5.74, 6) is 0.551. The summed E-state index contributed by atoms with van der Waals surface area (Å²) in [7, 11) is 0. The van der Waals surface area contributed by atoms with E-state index in [9.17, 15) is 0 Å². The molecule has 4 heteroatoms. The van der Waals surface area contributed by atoms with Crippen LogP contribution in [0.25, 0.3) is 54.5 Å². The van der Waals surface area contributed by atoms with Gasteiger partial charge in [-0.2, -0.15) is 9.13 Å². The molecule has 45 heavy (non-hydrogen) atoms. The molecule has 0 bridgehead atoms. The van der Waals surface area contributed by atoms with Gasteiger partial charge in [0, 0.05) is 45.3 Å². The van der Waals surface area contributed by atoms with Crippen LogP contribution in [0.2, 0.25) is 0 Å². The lowest BCUT2D eigenvalue weighted by atomic mass is 9.48. The predicted octanol–water partition coefficient (Wildman–Crippen LogP) is 9.35. The van der Waals surface area contributed by atoms with Gasteiger partial charge in [0.1, 0.15) is 17.4 Å². The standard InChI is InChI=1S/C41H34N2OS/c1-6-32-37-36(29-10-8-7-9-28(29)33-16-11-22(2)20-42(33)37)41(32)19-27-13-15-30-31-14-12-26-18-25(5)45-40(26)39(31)44-38(30)35(27)34-17-23(3)24(4)21-43(34)41/h6-18,20-21,32,36-37H,1,19H2,2-5H3/q+2. The Morgan fingerprint density at radius 3 is 2.56 bits per heavy atom. The Bertz CT molecular complexity index is 2460. The third-order valence-electron chi connectivity index (χ3n) is 11.3. The minimum Gasteiger partial charge on any atom is -0.454 e. The van der Waals surface area contributed by atoms with Gasteiger partial charge >= 0.3 is 0 Å². The van der Waals surface area contributed by atoms with E-state index in [2.05, 4.69) is 135 Å². The molecule has 4 atom stereocenters. The van der Waals surface area contributed by atoms with Crippen LogP contribution in [0.1, 0.15) is 44.7 Å². The minimum absolute atomic E-state index is 0.185. The van der Waals surface area contributed by atoms with E-state index in [1.54, 1.807) is 0 Å². The fourth-order valence-corrected chi connectivity index (χ4v) is 10.3. The second-order valence-electron chi connectivity index (χ2n) is 13.7. The van der Waals surface area contributed by atoms with E-state index in [-0.39, 0.29) is 11.5 Å². The Kier molecular flexibility index (Phi) is 4.91. The molecule has 1 aliphatic carbocycles. The zero-order valence-electron chi connectivity index (χ0n) is 26.0. The van der Waals surface area contributed by atoms with Gasteiger partial charge in [-0.3, -0.25) is 0 Å². The lowest BCUT2D eigenvalue weighted by Gasteiger charge is -2.56. The van der Waals surface area contributed by atoms with Gasteiger partial charge in [0.2, 0.25) is 11.4 Å². The highest BCUT2D eigenvalue weighted by atomic mass is 32.1. The van der Waals surface area contributed by atoms with E-state index in [1.807, 2.05) is 11.3 Å². The highest BCUT2D eigenvalue weighted by molar-refractivity contribution is 7.19. The molecule has 4 unspecified atom stereocenters. The summed E-state index contributed by atoms with van der Waals surface area (Å²) in [4.78, 5) is 1.31. The molecular formula is C41H34N2OS+2. The van der Waals surface area contributed by atoms with Crippen molar-refractivity contribution >= 4 is 43.4 Å². The van der Waals surface area contributed by atoms with Crippen molar-refractivity contribution in [3.63, 3.8) is 0 Å². The molecule has 1 saturated carbocycles. The van der Waals surface area contributed by atoms with Gasteiger partial charge in [-0.05, 0) is 74.0 Å². The monoisotopic (exact) mass is 602 g/mol. The molecule has 3 aromatic carbocycles. The van der Waals surface area contributed by atoms with Crippen LogP contribution in [0.4, 0.5) is 0 Å². The van der Waals surface area contributed by atoms with Crippen molar-refractivity contribution in [1.29, 1.82) is 0 Å². The molecular weight excluding hydrogens is 569 g/mol. The second-order valence-corrected chi connectivity index (χ2v) is 14.9. The molecule has 3 aliphatic rings. The zero-order valence-corrected chi connectivity index (χ0v) is 26.8. The second kappa shape index (κ2) is 8.58. The van der Waals surface area contributed by atoms with E-state index in [1.165, 1.54) is 76.1 Å². The summed E-state index contributed by atoms with van der Waals surface area (Å²) in [5.41, 5.74) is 13.7. The number of benzene rings is 3. The molecule has 10 rings (SSSR count). The van der Waals surface area contributed by atoms with Crippen molar-refractivity contribution in [2.45, 2.75) is 51.6 Å². The number of fused-ring (bicyclic) bond motifs is 17. The van der Waals surface area contributed by atoms with Crippen molar-refractivity contribution in [3.8, 4) is 22.5 Å². The van der Waals surface area contributed by atoms with Crippen molar-refractivity contribution in [3.05, 3.63) is 131 Å². The Labute approximate surface area is 266 Å². The number of aromatic nitrogens is 2. The Morgan fingerprint density at radius 2 is 1.69 bits per heavy atom. The highest BCUT2D eigenvalue weighted by Gasteiger charge is 2.76. The lowest BCUT2D eigenvalue weighted by Crippen LogP contribution is -2.80. The summed E-state index contributed by atoms with van der Waals surface area (Å²) < 4.78 is 13.4. The molecule has 7 aromatic rings. The van der Waals surface area contributed by atoms with Crippen LogP contribution in [0.5, 0.6) is 0 Å². The summed E-state index contributed by atoms with van der Waals surface area (Å²) in [6.45, 7) is 13.4. The van der Waals surface area contributed by atoms with Crippen molar-refractivity contribution < 1.29 is 13.6 Å². The van der Waals surface area contributed by atoms with Crippen molar-refractivity contribution in [2.75, 3.05) is 0 Å². The molecule has 0 amide bonds. The highest BCUT2D eigenvalue weighted by Crippen LogP contribution is 2.64. The third-order valence-corrected chi connectivity index (χ3v) is 12.4. The third kappa shape index (κ3) is 3.06. The fourth-order valence-electron chi connectivity index (χ4n) is 9.33. The maximum absolute atomic E-state index is 6.97. The first-order chi connectivity index (χ1) is 21.9. The Balaban J connectivity index is 1.28. The van der Waals surface area contributed by atoms with Crippen molar-refractivity contribution in [1.82, 2.24) is 0 Å².